The van der Waals surface area contributed by atoms with Gasteiger partial charge in [0.15, 0.2) is 0 Å². The molecule has 0 heterocycles. The Hall–Kier alpha value is -1.06. The highest BCUT2D eigenvalue weighted by Crippen LogP contribution is 2.00. The molecule has 0 aliphatic heterocycles. The highest BCUT2D eigenvalue weighted by Gasteiger charge is 1.78. The number of para-hydroxylation sites is 1. The zero-order chi connectivity index (χ0) is 5.82. The molecule has 0 bridgehead atoms. The van der Waals surface area contributed by atoms with Gasteiger partial charge in [0.2, 0.25) is 0 Å². The number of nitrogens with two attached hydrogens (primary N) is 1. The van der Waals surface area contributed by atoms with Crippen molar-refractivity contribution >= 4 is 5.69 Å². The Morgan fingerprint density at radius 1 is 1.11 bits per heavy atom. The normalized spacial score (nSPS) is 7.67. The first-order valence-electron chi connectivity index (χ1n) is 2.45. The molecular formula is C6H10N2O. The van der Waals surface area contributed by atoms with E-state index in [0.717, 1.165) is 5.69 Å². The van der Waals surface area contributed by atoms with Gasteiger partial charge < -0.3 is 10.9 Å². The summed E-state index contributed by atoms with van der Waals surface area (Å²) >= 11 is 0. The standard InChI is InChI=1S/C6H8N2.H2O/c7-8-6-4-2-1-3-5-6;/h1-5,8H,7H2;1H2. The van der Waals surface area contributed by atoms with Crippen LogP contribution in [0.3, 0.4) is 0 Å². The summed E-state index contributed by atoms with van der Waals surface area (Å²) in [6.07, 6.45) is 0. The van der Waals surface area contributed by atoms with Crippen molar-refractivity contribution in [2.75, 3.05) is 5.43 Å². The number of nitrogens with one attached hydrogen (secondary N) is 1. The van der Waals surface area contributed by atoms with Crippen molar-refractivity contribution in [2.45, 2.75) is 0 Å². The number of hydrazine groups is 1. The second-order valence-electron chi connectivity index (χ2n) is 1.51. The smallest absolute Gasteiger partial charge is 0.0485 e. The minimum atomic E-state index is 0. The van der Waals surface area contributed by atoms with E-state index >= 15 is 0 Å². The van der Waals surface area contributed by atoms with E-state index in [-0.39, 0.29) is 5.48 Å². The van der Waals surface area contributed by atoms with Crippen LogP contribution >= 0.6 is 0 Å². The average Bonchev–Trinajstić information content (AvgIpc) is 1.90. The maximum Gasteiger partial charge on any atom is 0.0485 e. The molecule has 0 saturated heterocycles. The van der Waals surface area contributed by atoms with Gasteiger partial charge in [0.25, 0.3) is 0 Å². The van der Waals surface area contributed by atoms with Crippen molar-refractivity contribution in [1.82, 2.24) is 0 Å². The first kappa shape index (κ1) is 7.94. The molecule has 0 atom stereocenters. The van der Waals surface area contributed by atoms with Gasteiger partial charge in [-0.1, -0.05) is 18.2 Å². The molecule has 50 valence electrons. The van der Waals surface area contributed by atoms with Gasteiger partial charge in [0.05, 0.1) is 0 Å². The fraction of sp³-hybridized carbons (Fsp3) is 0. The van der Waals surface area contributed by atoms with Gasteiger partial charge in [-0.05, 0) is 12.1 Å². The van der Waals surface area contributed by atoms with Crippen LogP contribution in [0.25, 0.3) is 0 Å². The number of rotatable bonds is 1. The molecule has 1 aromatic carbocycles. The minimum Gasteiger partial charge on any atom is -0.412 e. The van der Waals surface area contributed by atoms with Gasteiger partial charge in [-0.25, -0.2) is 0 Å². The molecule has 0 fully saturated rings. The van der Waals surface area contributed by atoms with Crippen molar-refractivity contribution in [2.24, 2.45) is 5.84 Å². The maximum absolute atomic E-state index is 5.10. The van der Waals surface area contributed by atoms with E-state index in [1.807, 2.05) is 30.3 Å². The Bertz CT molecular complexity index is 152. The Balaban J connectivity index is 0.000000640. The van der Waals surface area contributed by atoms with Gasteiger partial charge in [-0.3, -0.25) is 5.84 Å². The van der Waals surface area contributed by atoms with Gasteiger partial charge in [0.1, 0.15) is 0 Å². The Morgan fingerprint density at radius 3 is 2.00 bits per heavy atom. The van der Waals surface area contributed by atoms with Gasteiger partial charge in [0, 0.05) is 5.69 Å². The molecule has 0 aliphatic carbocycles. The molecule has 0 aromatic heterocycles. The first-order valence-corrected chi connectivity index (χ1v) is 2.45. The van der Waals surface area contributed by atoms with Gasteiger partial charge >= 0.3 is 0 Å². The predicted octanol–water partition coefficient (Wildman–Crippen LogP) is 0.148. The summed E-state index contributed by atoms with van der Waals surface area (Å²) in [7, 11) is 0. The lowest BCUT2D eigenvalue weighted by atomic mass is 10.3. The van der Waals surface area contributed by atoms with Crippen LogP contribution < -0.4 is 11.3 Å². The lowest BCUT2D eigenvalue weighted by molar-refractivity contribution is 0.824. The Kier molecular flexibility index (Phi) is 3.43. The summed E-state index contributed by atoms with van der Waals surface area (Å²) in [4.78, 5) is 0. The summed E-state index contributed by atoms with van der Waals surface area (Å²) in [6, 6.07) is 9.60. The minimum absolute atomic E-state index is 0. The van der Waals surface area contributed by atoms with Crippen LogP contribution in [-0.2, 0) is 0 Å². The fourth-order valence-corrected chi connectivity index (χ4v) is 0.534. The Morgan fingerprint density at radius 2 is 1.67 bits per heavy atom. The van der Waals surface area contributed by atoms with Gasteiger partial charge in [-0.15, -0.1) is 0 Å². The molecular weight excluding hydrogens is 116 g/mol. The third kappa shape index (κ3) is 2.12. The first-order chi connectivity index (χ1) is 3.93. The third-order valence-corrected chi connectivity index (χ3v) is 0.940. The molecule has 9 heavy (non-hydrogen) atoms. The summed E-state index contributed by atoms with van der Waals surface area (Å²) in [6.45, 7) is 0. The van der Waals surface area contributed by atoms with E-state index in [4.69, 9.17) is 5.84 Å². The zero-order valence-corrected chi connectivity index (χ0v) is 4.96. The topological polar surface area (TPSA) is 69.5 Å². The SMILES string of the molecule is NNc1ccccc1.O. The van der Waals surface area contributed by atoms with Crippen molar-refractivity contribution in [3.05, 3.63) is 30.3 Å². The molecule has 0 amide bonds. The van der Waals surface area contributed by atoms with Crippen molar-refractivity contribution in [3.63, 3.8) is 0 Å². The molecule has 0 radical (unpaired) electrons. The molecule has 0 unspecified atom stereocenters. The molecule has 0 saturated carbocycles. The van der Waals surface area contributed by atoms with E-state index in [1.165, 1.54) is 0 Å². The number of anilines is 1. The largest absolute Gasteiger partial charge is 0.412 e. The van der Waals surface area contributed by atoms with Crippen molar-refractivity contribution in [3.8, 4) is 0 Å². The number of hydrogen-bond acceptors (Lipinski definition) is 2. The lowest BCUT2D eigenvalue weighted by Gasteiger charge is -1.94. The van der Waals surface area contributed by atoms with E-state index < -0.39 is 0 Å². The summed E-state index contributed by atoms with van der Waals surface area (Å²) < 4.78 is 0. The second-order valence-corrected chi connectivity index (χ2v) is 1.51. The molecule has 3 heteroatoms. The van der Waals surface area contributed by atoms with Crippen LogP contribution in [0.15, 0.2) is 30.3 Å². The average molecular weight is 126 g/mol. The monoisotopic (exact) mass is 126 g/mol. The highest BCUT2D eigenvalue weighted by molar-refractivity contribution is 5.40. The quantitative estimate of drug-likeness (QED) is 0.415. The van der Waals surface area contributed by atoms with E-state index in [2.05, 4.69) is 5.43 Å². The van der Waals surface area contributed by atoms with Crippen LogP contribution in [0.2, 0.25) is 0 Å². The summed E-state index contributed by atoms with van der Waals surface area (Å²) in [5.74, 6) is 5.10. The van der Waals surface area contributed by atoms with Crippen LogP contribution in [-0.4, -0.2) is 5.48 Å². The maximum atomic E-state index is 5.10. The third-order valence-electron chi connectivity index (χ3n) is 0.940. The van der Waals surface area contributed by atoms with E-state index in [0.29, 0.717) is 0 Å². The second kappa shape index (κ2) is 3.88. The van der Waals surface area contributed by atoms with Crippen LogP contribution in [0, 0.1) is 0 Å². The molecule has 1 aromatic rings. The van der Waals surface area contributed by atoms with Crippen LogP contribution in [0.5, 0.6) is 0 Å². The van der Waals surface area contributed by atoms with Crippen LogP contribution in [0.4, 0.5) is 5.69 Å². The molecule has 0 aliphatic rings. The van der Waals surface area contributed by atoms with E-state index in [1.54, 1.807) is 0 Å². The van der Waals surface area contributed by atoms with E-state index in [9.17, 15) is 0 Å². The summed E-state index contributed by atoms with van der Waals surface area (Å²) in [5, 5.41) is 0. The molecule has 0 spiro atoms. The molecule has 1 rings (SSSR count). The van der Waals surface area contributed by atoms with Gasteiger partial charge in [-0.2, -0.15) is 0 Å². The molecule has 3 nitrogen and oxygen atoms in total. The number of hydrogen-bond donors (Lipinski definition) is 2. The molecule has 5 N–H and O–H groups in total. The van der Waals surface area contributed by atoms with Crippen molar-refractivity contribution in [1.29, 1.82) is 0 Å². The number of benzene rings is 1. The fourth-order valence-electron chi connectivity index (χ4n) is 0.534. The lowest BCUT2D eigenvalue weighted by Crippen LogP contribution is -2.05. The number of nitrogen functional groups attached to an aromatic ring is 1. The Labute approximate surface area is 53.8 Å². The van der Waals surface area contributed by atoms with Crippen LogP contribution in [0.1, 0.15) is 0 Å². The predicted molar refractivity (Wildman–Crippen MR) is 37.9 cm³/mol. The summed E-state index contributed by atoms with van der Waals surface area (Å²) in [5.41, 5.74) is 3.46. The highest BCUT2D eigenvalue weighted by atomic mass is 16.0. The zero-order valence-electron chi connectivity index (χ0n) is 4.96. The van der Waals surface area contributed by atoms with Crippen molar-refractivity contribution < 1.29 is 5.48 Å².